The maximum Gasteiger partial charge on any atom is 0.279 e. The van der Waals surface area contributed by atoms with E-state index in [0.717, 1.165) is 56.5 Å². The van der Waals surface area contributed by atoms with E-state index < -0.39 is 0 Å². The summed E-state index contributed by atoms with van der Waals surface area (Å²) in [6, 6.07) is 22.4. The van der Waals surface area contributed by atoms with E-state index in [1.54, 1.807) is 30.0 Å². The molecule has 0 radical (unpaired) electrons. The third-order valence-electron chi connectivity index (χ3n) is 8.12. The molecule has 3 aliphatic rings. The Morgan fingerprint density at radius 2 is 1.15 bits per heavy atom. The summed E-state index contributed by atoms with van der Waals surface area (Å²) >= 11 is 13.6. The minimum atomic E-state index is -0.341. The van der Waals surface area contributed by atoms with Crippen LogP contribution in [-0.4, -0.2) is 41.9 Å². The average molecular weight is 868 g/mol. The molecule has 0 bridgehead atoms. The molecule has 8 nitrogen and oxygen atoms in total. The van der Waals surface area contributed by atoms with E-state index in [4.69, 9.17) is 0 Å². The lowest BCUT2D eigenvalue weighted by molar-refractivity contribution is -0.114. The third-order valence-corrected chi connectivity index (χ3v) is 10.1. The van der Waals surface area contributed by atoms with Crippen molar-refractivity contribution in [2.75, 3.05) is 23.9 Å². The fourth-order valence-electron chi connectivity index (χ4n) is 5.99. The molecule has 1 aromatic heterocycles. The number of nitrogens with zero attached hydrogens (tertiary/aromatic N) is 3. The van der Waals surface area contributed by atoms with Crippen LogP contribution in [0.15, 0.2) is 95.7 Å². The zero-order valence-electron chi connectivity index (χ0n) is 24.0. The van der Waals surface area contributed by atoms with Gasteiger partial charge in [0, 0.05) is 53.7 Å². The number of amides is 3. The highest BCUT2D eigenvalue weighted by Gasteiger charge is 2.40. The van der Waals surface area contributed by atoms with Gasteiger partial charge in [-0.25, -0.2) is 4.99 Å². The Kier molecular flexibility index (Phi) is 7.66. The van der Waals surface area contributed by atoms with Gasteiger partial charge < -0.3 is 19.9 Å². The lowest BCUT2D eigenvalue weighted by Gasteiger charge is -2.09. The Bertz CT molecular complexity index is 2300. The van der Waals surface area contributed by atoms with Crippen molar-refractivity contribution < 1.29 is 19.5 Å². The lowest BCUT2D eigenvalue weighted by atomic mass is 9.96. The van der Waals surface area contributed by atoms with Crippen LogP contribution >= 0.6 is 63.7 Å². The molecule has 0 aliphatic carbocycles. The molecule has 0 atom stereocenters. The molecule has 3 aliphatic heterocycles. The number of fused-ring (bicyclic) bond motifs is 4. The minimum absolute atomic E-state index is 0.0255. The number of carbonyl (C=O) groups excluding carboxylic acids is 3. The Morgan fingerprint density at radius 3 is 1.74 bits per heavy atom. The molecule has 0 fully saturated rings. The molecule has 46 heavy (non-hydrogen) atoms. The largest absolute Gasteiger partial charge is 0.494 e. The van der Waals surface area contributed by atoms with E-state index in [2.05, 4.69) is 73.7 Å². The van der Waals surface area contributed by atoms with Gasteiger partial charge in [0.05, 0.1) is 44.5 Å². The van der Waals surface area contributed by atoms with E-state index in [1.807, 2.05) is 66.7 Å². The first kappa shape index (κ1) is 30.8. The molecular formula is C34H20Br4N4O4. The molecule has 0 saturated heterocycles. The molecule has 228 valence electrons. The molecule has 0 saturated carbocycles. The van der Waals surface area contributed by atoms with Gasteiger partial charge in [0.25, 0.3) is 17.7 Å². The van der Waals surface area contributed by atoms with Gasteiger partial charge in [-0.05, 0) is 48.5 Å². The first-order chi connectivity index (χ1) is 21.9. The predicted octanol–water partition coefficient (Wildman–Crippen LogP) is 6.83. The summed E-state index contributed by atoms with van der Waals surface area (Å²) in [6.45, 7) is 0. The molecular weight excluding hydrogens is 848 g/mol. The molecule has 3 amide bonds. The zero-order chi connectivity index (χ0) is 32.6. The average Bonchev–Trinajstić information content (AvgIpc) is 3.66. The summed E-state index contributed by atoms with van der Waals surface area (Å²) in [5.74, 6) is -0.680. The fraction of sp³-hybridized carbons (Fsp3) is 0.0588. The summed E-state index contributed by atoms with van der Waals surface area (Å²) in [5.41, 5.74) is 5.81. The number of aromatic hydroxyl groups is 1. The fourth-order valence-corrected chi connectivity index (χ4v) is 7.40. The van der Waals surface area contributed by atoms with Crippen molar-refractivity contribution >= 4 is 120 Å². The normalized spacial score (nSPS) is 16.5. The van der Waals surface area contributed by atoms with Crippen LogP contribution < -0.4 is 20.4 Å². The number of nitrogens with one attached hydrogen (secondary N) is 1. The zero-order valence-corrected chi connectivity index (χ0v) is 30.3. The first-order valence-electron chi connectivity index (χ1n) is 13.8. The number of anilines is 2. The minimum Gasteiger partial charge on any atom is -0.494 e. The quantitative estimate of drug-likeness (QED) is 0.180. The van der Waals surface area contributed by atoms with Gasteiger partial charge in [-0.1, -0.05) is 88.0 Å². The van der Waals surface area contributed by atoms with E-state index in [1.165, 1.54) is 0 Å². The number of rotatable bonds is 1. The van der Waals surface area contributed by atoms with Crippen LogP contribution in [0.5, 0.6) is 5.88 Å². The van der Waals surface area contributed by atoms with Gasteiger partial charge in [-0.15, -0.1) is 0 Å². The number of carbonyl (C=O) groups is 3. The summed E-state index contributed by atoms with van der Waals surface area (Å²) in [7, 11) is 3.46. The number of benzene rings is 4. The van der Waals surface area contributed by atoms with Crippen LogP contribution in [-0.2, 0) is 14.4 Å². The number of halogens is 4. The highest BCUT2D eigenvalue weighted by Crippen LogP contribution is 2.46. The van der Waals surface area contributed by atoms with Crippen LogP contribution in [0.3, 0.4) is 0 Å². The van der Waals surface area contributed by atoms with Crippen LogP contribution in [0.25, 0.3) is 27.6 Å². The summed E-state index contributed by atoms with van der Waals surface area (Å²) in [6.07, 6.45) is 0. The van der Waals surface area contributed by atoms with Crippen molar-refractivity contribution in [2.24, 2.45) is 4.99 Å². The van der Waals surface area contributed by atoms with Crippen LogP contribution in [0.4, 0.5) is 11.4 Å². The second kappa shape index (κ2) is 11.4. The standard InChI is InChI=1S/C18H12Br2N2O2.C16H8Br2N2O2/c1-21-13-7-9(19)3-5-11(13)15(17(21)23)16-12-6-4-10(20)8-14(12)22(2)18(16)24;17-7-1-3-9-11(5-7)19-15(21)13(9)14-10-4-2-8(18)6-12(10)20-16(14)22/h3-8H,1-2H3;1-6,19,21H/b16-15+;. The van der Waals surface area contributed by atoms with E-state index >= 15 is 0 Å². The van der Waals surface area contributed by atoms with Crippen LogP contribution in [0.1, 0.15) is 16.7 Å². The molecule has 0 spiro atoms. The molecule has 4 heterocycles. The SMILES string of the molecule is CN1C(=O)/C(=C2/C(=O)N(C)c3cc(Br)ccc32)c2ccc(Br)cc21.O=C1N=c2cc(Br)ccc2=C1c1c(O)[nH]c2cc(Br)ccc12. The molecule has 5 aromatic rings. The smallest absolute Gasteiger partial charge is 0.279 e. The van der Waals surface area contributed by atoms with Gasteiger partial charge in [-0.2, -0.15) is 0 Å². The Balaban J connectivity index is 0.000000147. The Hall–Kier alpha value is -3.84. The van der Waals surface area contributed by atoms with E-state index in [0.29, 0.717) is 27.6 Å². The van der Waals surface area contributed by atoms with Gasteiger partial charge in [0.15, 0.2) is 5.88 Å². The number of aromatic amines is 1. The second-order valence-electron chi connectivity index (χ2n) is 10.8. The molecule has 0 unspecified atom stereocenters. The maximum absolute atomic E-state index is 12.9. The van der Waals surface area contributed by atoms with Gasteiger partial charge >= 0.3 is 0 Å². The Morgan fingerprint density at radius 1 is 0.652 bits per heavy atom. The topological polar surface area (TPSA) is 106 Å². The van der Waals surface area contributed by atoms with E-state index in [-0.39, 0.29) is 23.6 Å². The van der Waals surface area contributed by atoms with Crippen molar-refractivity contribution in [3.05, 3.63) is 118 Å². The summed E-state index contributed by atoms with van der Waals surface area (Å²) in [5, 5.41) is 12.4. The highest BCUT2D eigenvalue weighted by atomic mass is 79.9. The van der Waals surface area contributed by atoms with Gasteiger partial charge in [0.1, 0.15) is 0 Å². The number of H-pyrrole nitrogens is 1. The van der Waals surface area contributed by atoms with Crippen LogP contribution in [0, 0.1) is 0 Å². The Labute approximate surface area is 295 Å². The van der Waals surface area contributed by atoms with Crippen LogP contribution in [0.2, 0.25) is 0 Å². The predicted molar refractivity (Wildman–Crippen MR) is 192 cm³/mol. The van der Waals surface area contributed by atoms with Crippen molar-refractivity contribution in [2.45, 2.75) is 0 Å². The second-order valence-corrected chi connectivity index (χ2v) is 14.5. The number of hydrogen-bond acceptors (Lipinski definition) is 4. The summed E-state index contributed by atoms with van der Waals surface area (Å²) in [4.78, 5) is 48.2. The molecule has 8 rings (SSSR count). The van der Waals surface area contributed by atoms with Crippen molar-refractivity contribution in [3.8, 4) is 5.88 Å². The molecule has 4 aromatic carbocycles. The van der Waals surface area contributed by atoms with Gasteiger partial charge in [-0.3, -0.25) is 14.4 Å². The van der Waals surface area contributed by atoms with Gasteiger partial charge in [0.2, 0.25) is 0 Å². The number of hydrogen-bond donors (Lipinski definition) is 2. The monoisotopic (exact) mass is 864 g/mol. The highest BCUT2D eigenvalue weighted by molar-refractivity contribution is 9.11. The summed E-state index contributed by atoms with van der Waals surface area (Å²) < 4.78 is 3.54. The first-order valence-corrected chi connectivity index (χ1v) is 17.0. The van der Waals surface area contributed by atoms with Crippen molar-refractivity contribution in [1.29, 1.82) is 0 Å². The van der Waals surface area contributed by atoms with Crippen molar-refractivity contribution in [1.82, 2.24) is 4.98 Å². The molecule has 12 heteroatoms. The van der Waals surface area contributed by atoms with Crippen molar-refractivity contribution in [3.63, 3.8) is 0 Å². The van der Waals surface area contributed by atoms with E-state index in [9.17, 15) is 19.5 Å². The number of aromatic nitrogens is 1. The maximum atomic E-state index is 12.9. The molecule has 2 N–H and O–H groups in total. The lowest BCUT2D eigenvalue weighted by Crippen LogP contribution is -2.24. The third kappa shape index (κ3) is 4.90. The number of likely N-dealkylation sites (N-methyl/N-ethyl adjacent to an activating group) is 2.